The Balaban J connectivity index is 1.39. The second-order valence-electron chi connectivity index (χ2n) is 9.11. The largest absolute Gasteiger partial charge is 0.493 e. The molecule has 1 heterocycles. The molecule has 1 saturated carbocycles. The number of carbonyl (C=O) groups excluding carboxylic acids is 2. The number of piperidine rings is 1. The second kappa shape index (κ2) is 10.3. The fourth-order valence-electron chi connectivity index (χ4n) is 4.19. The van der Waals surface area contributed by atoms with Crippen molar-refractivity contribution >= 4 is 45.0 Å². The van der Waals surface area contributed by atoms with Gasteiger partial charge in [-0.05, 0) is 60.6 Å². The average molecular weight is 543 g/mol. The van der Waals surface area contributed by atoms with Crippen molar-refractivity contribution in [1.29, 1.82) is 0 Å². The highest BCUT2D eigenvalue weighted by molar-refractivity contribution is 7.89. The molecule has 1 saturated heterocycles. The Labute approximate surface area is 213 Å². The van der Waals surface area contributed by atoms with Crippen LogP contribution in [-0.2, 0) is 21.4 Å². The Morgan fingerprint density at radius 2 is 1.83 bits per heavy atom. The number of nitrogens with zero attached hydrogens (tertiary/aromatic N) is 1. The van der Waals surface area contributed by atoms with E-state index in [9.17, 15) is 22.4 Å². The fraction of sp³-hybridized carbons (Fsp3) is 0.417. The number of benzene rings is 2. The second-order valence-corrected chi connectivity index (χ2v) is 11.7. The molecule has 0 spiro atoms. The van der Waals surface area contributed by atoms with Crippen LogP contribution >= 0.6 is 23.2 Å². The molecule has 2 aromatic rings. The number of amides is 2. The molecule has 2 fully saturated rings. The number of carbonyl (C=O) groups is 2. The first-order chi connectivity index (χ1) is 16.5. The van der Waals surface area contributed by atoms with Gasteiger partial charge < -0.3 is 9.64 Å². The highest BCUT2D eigenvalue weighted by Gasteiger charge is 2.31. The van der Waals surface area contributed by atoms with Crippen molar-refractivity contribution < 1.29 is 27.1 Å². The van der Waals surface area contributed by atoms with E-state index in [0.29, 0.717) is 40.9 Å². The van der Waals surface area contributed by atoms with Gasteiger partial charge in [0.15, 0.2) is 0 Å². The Hall–Kier alpha value is -2.36. The maximum absolute atomic E-state index is 14.7. The highest BCUT2D eigenvalue weighted by Crippen LogP contribution is 2.45. The monoisotopic (exact) mass is 542 g/mol. The number of ether oxygens (including phenoxy) is 1. The summed E-state index contributed by atoms with van der Waals surface area (Å²) in [6.07, 6.45) is 3.60. The molecule has 7 nitrogen and oxygen atoms in total. The van der Waals surface area contributed by atoms with E-state index in [2.05, 4.69) is 0 Å². The first kappa shape index (κ1) is 25.7. The predicted octanol–water partition coefficient (Wildman–Crippen LogP) is 4.52. The summed E-state index contributed by atoms with van der Waals surface area (Å²) in [6, 6.07) is 7.70. The molecule has 35 heavy (non-hydrogen) atoms. The molecular weight excluding hydrogens is 518 g/mol. The maximum Gasteiger partial charge on any atom is 0.267 e. The summed E-state index contributed by atoms with van der Waals surface area (Å²) in [7, 11) is -3.82. The van der Waals surface area contributed by atoms with Gasteiger partial charge >= 0.3 is 0 Å². The summed E-state index contributed by atoms with van der Waals surface area (Å²) < 4.78 is 45.1. The van der Waals surface area contributed by atoms with Crippen molar-refractivity contribution in [1.82, 2.24) is 9.62 Å². The van der Waals surface area contributed by atoms with Crippen molar-refractivity contribution in [3.8, 4) is 5.75 Å². The fourth-order valence-corrected chi connectivity index (χ4v) is 5.21. The lowest BCUT2D eigenvalue weighted by Crippen LogP contribution is -2.39. The van der Waals surface area contributed by atoms with Gasteiger partial charge in [-0.2, -0.15) is 0 Å². The molecule has 1 aliphatic heterocycles. The van der Waals surface area contributed by atoms with Gasteiger partial charge in [-0.15, -0.1) is 0 Å². The number of halogens is 3. The molecule has 188 valence electrons. The number of nitrogens with one attached hydrogen (secondary N) is 1. The lowest BCUT2D eigenvalue weighted by atomic mass is 9.96. The number of hydrogen-bond donors (Lipinski definition) is 1. The van der Waals surface area contributed by atoms with Gasteiger partial charge in [-0.1, -0.05) is 23.2 Å². The van der Waals surface area contributed by atoms with Crippen LogP contribution in [0.15, 0.2) is 30.3 Å². The molecule has 1 aliphatic carbocycles. The minimum absolute atomic E-state index is 0.0117. The number of sulfonamides is 1. The van der Waals surface area contributed by atoms with E-state index in [1.54, 1.807) is 27.8 Å². The van der Waals surface area contributed by atoms with Gasteiger partial charge in [0.05, 0.1) is 18.4 Å². The summed E-state index contributed by atoms with van der Waals surface area (Å²) in [5.41, 5.74) is 1.19. The molecule has 1 atom stereocenters. The third-order valence-corrected chi connectivity index (χ3v) is 7.03. The van der Waals surface area contributed by atoms with Crippen molar-refractivity contribution in [2.75, 3.05) is 19.4 Å². The summed E-state index contributed by atoms with van der Waals surface area (Å²) in [4.78, 5) is 26.7. The van der Waals surface area contributed by atoms with Gasteiger partial charge in [0, 0.05) is 41.5 Å². The standard InChI is InChI=1S/C24H25Cl2FN2O5S/c1-35(32,33)28-24(31)20-10-19(16-2-3-16)22(11-21(20)27)34-13-14-4-5-29(23(30)8-14)12-15-6-17(25)9-18(26)7-15/h6-7,9-11,14,16H,2-5,8,12-13H2,1H3,(H,28,31)/t14-/m1/s1. The molecule has 2 amide bonds. The van der Waals surface area contributed by atoms with Gasteiger partial charge in [0.25, 0.3) is 5.91 Å². The quantitative estimate of drug-likeness (QED) is 0.529. The molecule has 2 aliphatic rings. The van der Waals surface area contributed by atoms with Crippen LogP contribution in [0.25, 0.3) is 0 Å². The minimum atomic E-state index is -3.82. The van der Waals surface area contributed by atoms with E-state index in [1.807, 2.05) is 0 Å². The van der Waals surface area contributed by atoms with Crippen molar-refractivity contribution in [3.05, 3.63) is 62.9 Å². The average Bonchev–Trinajstić information content (AvgIpc) is 3.57. The van der Waals surface area contributed by atoms with Crippen LogP contribution in [0.4, 0.5) is 4.39 Å². The molecule has 1 N–H and O–H groups in total. The van der Waals surface area contributed by atoms with E-state index < -0.39 is 21.7 Å². The van der Waals surface area contributed by atoms with E-state index in [4.69, 9.17) is 27.9 Å². The molecule has 11 heteroatoms. The third kappa shape index (κ3) is 6.86. The lowest BCUT2D eigenvalue weighted by molar-refractivity contribution is -0.136. The molecule has 0 radical (unpaired) electrons. The predicted molar refractivity (Wildman–Crippen MR) is 131 cm³/mol. The Kier molecular flexibility index (Phi) is 7.59. The van der Waals surface area contributed by atoms with Crippen LogP contribution in [0.3, 0.4) is 0 Å². The Morgan fingerprint density at radius 1 is 1.14 bits per heavy atom. The zero-order valence-electron chi connectivity index (χ0n) is 19.0. The van der Waals surface area contributed by atoms with E-state index in [-0.39, 0.29) is 29.9 Å². The smallest absolute Gasteiger partial charge is 0.267 e. The van der Waals surface area contributed by atoms with Gasteiger partial charge in [-0.3, -0.25) is 9.59 Å². The van der Waals surface area contributed by atoms with Crippen molar-refractivity contribution in [2.45, 2.75) is 38.1 Å². The number of likely N-dealkylation sites (tertiary alicyclic amines) is 1. The molecule has 4 rings (SSSR count). The van der Waals surface area contributed by atoms with Crippen LogP contribution in [-0.4, -0.2) is 44.5 Å². The topological polar surface area (TPSA) is 92.8 Å². The van der Waals surface area contributed by atoms with E-state index in [1.165, 1.54) is 6.07 Å². The van der Waals surface area contributed by atoms with Gasteiger partial charge in [0.2, 0.25) is 15.9 Å². The van der Waals surface area contributed by atoms with E-state index >= 15 is 0 Å². The first-order valence-electron chi connectivity index (χ1n) is 11.2. The first-order valence-corrected chi connectivity index (χ1v) is 13.8. The minimum Gasteiger partial charge on any atom is -0.493 e. The SMILES string of the molecule is CS(=O)(=O)NC(=O)c1cc(C2CC2)c(OC[C@@H]2CCN(Cc3cc(Cl)cc(Cl)c3)C(=O)C2)cc1F. The molecule has 0 bridgehead atoms. The molecular formula is C24H25Cl2FN2O5S. The van der Waals surface area contributed by atoms with Crippen LogP contribution in [0.1, 0.15) is 53.1 Å². The zero-order chi connectivity index (χ0) is 25.3. The van der Waals surface area contributed by atoms with Crippen LogP contribution < -0.4 is 9.46 Å². The number of hydrogen-bond acceptors (Lipinski definition) is 5. The van der Waals surface area contributed by atoms with Gasteiger partial charge in [-0.25, -0.2) is 17.5 Å². The third-order valence-electron chi connectivity index (χ3n) is 6.03. The number of rotatable bonds is 8. The molecule has 2 aromatic carbocycles. The zero-order valence-corrected chi connectivity index (χ0v) is 21.4. The van der Waals surface area contributed by atoms with Crippen LogP contribution in [0.2, 0.25) is 10.0 Å². The Morgan fingerprint density at radius 3 is 2.43 bits per heavy atom. The summed E-state index contributed by atoms with van der Waals surface area (Å²) >= 11 is 12.1. The molecule has 0 unspecified atom stereocenters. The highest BCUT2D eigenvalue weighted by atomic mass is 35.5. The summed E-state index contributed by atoms with van der Waals surface area (Å²) in [6.45, 7) is 1.20. The summed E-state index contributed by atoms with van der Waals surface area (Å²) in [5, 5.41) is 1.03. The maximum atomic E-state index is 14.7. The molecule has 0 aromatic heterocycles. The van der Waals surface area contributed by atoms with Crippen LogP contribution in [0.5, 0.6) is 5.75 Å². The van der Waals surface area contributed by atoms with Gasteiger partial charge in [0.1, 0.15) is 11.6 Å². The van der Waals surface area contributed by atoms with Crippen molar-refractivity contribution in [3.63, 3.8) is 0 Å². The normalized spacial score (nSPS) is 18.5. The Bertz CT molecular complexity index is 1250. The summed E-state index contributed by atoms with van der Waals surface area (Å²) in [5.74, 6) is -1.48. The van der Waals surface area contributed by atoms with Crippen LogP contribution in [0, 0.1) is 11.7 Å². The van der Waals surface area contributed by atoms with E-state index in [0.717, 1.165) is 37.1 Å². The van der Waals surface area contributed by atoms with Crippen molar-refractivity contribution in [2.24, 2.45) is 5.92 Å². The lowest BCUT2D eigenvalue weighted by Gasteiger charge is -2.32.